The first-order valence-electron chi connectivity index (χ1n) is 5.44. The van der Waals surface area contributed by atoms with Gasteiger partial charge in [0.1, 0.15) is 0 Å². The molecule has 0 spiro atoms. The first-order valence-corrected chi connectivity index (χ1v) is 8.01. The second kappa shape index (κ2) is 5.85. The van der Waals surface area contributed by atoms with Gasteiger partial charge in [-0.25, -0.2) is 4.98 Å². The van der Waals surface area contributed by atoms with E-state index in [1.54, 1.807) is 24.3 Å². The van der Waals surface area contributed by atoms with Crippen LogP contribution < -0.4 is 10.5 Å². The molecule has 19 heavy (non-hydrogen) atoms. The maximum absolute atomic E-state index is 12.1. The highest BCUT2D eigenvalue weighted by Crippen LogP contribution is 2.17. The van der Waals surface area contributed by atoms with E-state index in [-0.39, 0.29) is 5.03 Å². The van der Waals surface area contributed by atoms with Crippen LogP contribution in [0.2, 0.25) is 0 Å². The third kappa shape index (κ3) is 3.64. The maximum atomic E-state index is 12.1. The second-order valence-corrected chi connectivity index (χ2v) is 6.70. The SMILES string of the molecule is NCc1ccc(S(=O)(=O)Nc2cccc(I)c2)nc1. The van der Waals surface area contributed by atoms with Crippen molar-refractivity contribution in [3.63, 3.8) is 0 Å². The molecule has 100 valence electrons. The minimum absolute atomic E-state index is 0.0245. The Labute approximate surface area is 125 Å². The number of nitrogens with one attached hydrogen (secondary N) is 1. The van der Waals surface area contributed by atoms with Gasteiger partial charge in [-0.3, -0.25) is 4.72 Å². The van der Waals surface area contributed by atoms with Gasteiger partial charge in [0.2, 0.25) is 0 Å². The fourth-order valence-electron chi connectivity index (χ4n) is 1.45. The van der Waals surface area contributed by atoms with E-state index in [9.17, 15) is 8.42 Å². The van der Waals surface area contributed by atoms with Crippen LogP contribution in [0.1, 0.15) is 5.56 Å². The van der Waals surface area contributed by atoms with Crippen molar-refractivity contribution in [3.8, 4) is 0 Å². The minimum atomic E-state index is -3.66. The van der Waals surface area contributed by atoms with Crippen LogP contribution in [-0.2, 0) is 16.6 Å². The fraction of sp³-hybridized carbons (Fsp3) is 0.0833. The fourth-order valence-corrected chi connectivity index (χ4v) is 2.97. The zero-order valence-corrected chi connectivity index (χ0v) is 12.8. The summed E-state index contributed by atoms with van der Waals surface area (Å²) in [7, 11) is -3.66. The van der Waals surface area contributed by atoms with Crippen molar-refractivity contribution in [1.29, 1.82) is 0 Å². The van der Waals surface area contributed by atoms with Crippen LogP contribution in [0.15, 0.2) is 47.6 Å². The molecule has 3 N–H and O–H groups in total. The van der Waals surface area contributed by atoms with E-state index in [0.717, 1.165) is 9.13 Å². The summed E-state index contributed by atoms with van der Waals surface area (Å²) in [6, 6.07) is 10.2. The zero-order chi connectivity index (χ0) is 13.9. The number of hydrogen-bond donors (Lipinski definition) is 2. The molecular weight excluding hydrogens is 377 g/mol. The minimum Gasteiger partial charge on any atom is -0.326 e. The number of hydrogen-bond acceptors (Lipinski definition) is 4. The Morgan fingerprint density at radius 1 is 1.26 bits per heavy atom. The number of sulfonamides is 1. The summed E-state index contributed by atoms with van der Waals surface area (Å²) in [5.74, 6) is 0. The lowest BCUT2D eigenvalue weighted by Crippen LogP contribution is -2.14. The number of nitrogens with two attached hydrogens (primary N) is 1. The smallest absolute Gasteiger partial charge is 0.279 e. The quantitative estimate of drug-likeness (QED) is 0.783. The lowest BCUT2D eigenvalue weighted by molar-refractivity contribution is 0.597. The van der Waals surface area contributed by atoms with E-state index in [0.29, 0.717) is 12.2 Å². The Kier molecular flexibility index (Phi) is 4.38. The highest BCUT2D eigenvalue weighted by Gasteiger charge is 2.15. The predicted octanol–water partition coefficient (Wildman–Crippen LogP) is 1.95. The number of pyridine rings is 1. The van der Waals surface area contributed by atoms with Gasteiger partial charge in [-0.05, 0) is 52.4 Å². The van der Waals surface area contributed by atoms with Crippen LogP contribution in [0.3, 0.4) is 0 Å². The molecular formula is C12H12IN3O2S. The highest BCUT2D eigenvalue weighted by atomic mass is 127. The molecule has 0 aliphatic heterocycles. The second-order valence-electron chi connectivity index (χ2n) is 3.82. The van der Waals surface area contributed by atoms with Crippen molar-refractivity contribution in [2.45, 2.75) is 11.6 Å². The molecule has 0 aliphatic rings. The monoisotopic (exact) mass is 389 g/mol. The lowest BCUT2D eigenvalue weighted by atomic mass is 10.3. The van der Waals surface area contributed by atoms with E-state index < -0.39 is 10.0 Å². The van der Waals surface area contributed by atoms with Gasteiger partial charge in [-0.1, -0.05) is 12.1 Å². The van der Waals surface area contributed by atoms with Crippen molar-refractivity contribution in [2.75, 3.05) is 4.72 Å². The van der Waals surface area contributed by atoms with Gasteiger partial charge in [0, 0.05) is 22.0 Å². The molecule has 0 fully saturated rings. The number of benzene rings is 1. The topological polar surface area (TPSA) is 85.1 Å². The van der Waals surface area contributed by atoms with Gasteiger partial charge < -0.3 is 5.73 Å². The van der Waals surface area contributed by atoms with Gasteiger partial charge >= 0.3 is 0 Å². The average molecular weight is 389 g/mol. The third-order valence-corrected chi connectivity index (χ3v) is 4.35. The average Bonchev–Trinajstić information content (AvgIpc) is 2.38. The van der Waals surface area contributed by atoms with E-state index in [1.807, 2.05) is 6.07 Å². The Morgan fingerprint density at radius 3 is 2.63 bits per heavy atom. The standard InChI is InChI=1S/C12H12IN3O2S/c13-10-2-1-3-11(6-10)16-19(17,18)12-5-4-9(7-14)8-15-12/h1-6,8,16H,7,14H2. The highest BCUT2D eigenvalue weighted by molar-refractivity contribution is 14.1. The van der Waals surface area contributed by atoms with Crippen LogP contribution in [0.25, 0.3) is 0 Å². The summed E-state index contributed by atoms with van der Waals surface area (Å²) in [6.45, 7) is 0.331. The number of aromatic nitrogens is 1. The van der Waals surface area contributed by atoms with Crippen LogP contribution in [-0.4, -0.2) is 13.4 Å². The molecule has 0 unspecified atom stereocenters. The zero-order valence-electron chi connectivity index (χ0n) is 9.88. The molecule has 2 aromatic rings. The number of rotatable bonds is 4. The Bertz CT molecular complexity index is 672. The summed E-state index contributed by atoms with van der Waals surface area (Å²) in [5, 5.41) is -0.0245. The van der Waals surface area contributed by atoms with Crippen LogP contribution >= 0.6 is 22.6 Å². The van der Waals surface area contributed by atoms with E-state index in [2.05, 4.69) is 32.3 Å². The molecule has 2 rings (SSSR count). The summed E-state index contributed by atoms with van der Waals surface area (Å²) in [6.07, 6.45) is 1.46. The van der Waals surface area contributed by atoms with E-state index in [4.69, 9.17) is 5.73 Å². The van der Waals surface area contributed by atoms with Crippen molar-refractivity contribution >= 4 is 38.3 Å². The molecule has 0 saturated heterocycles. The molecule has 0 bridgehead atoms. The largest absolute Gasteiger partial charge is 0.326 e. The molecule has 1 heterocycles. The Hall–Kier alpha value is -1.19. The molecule has 1 aromatic carbocycles. The van der Waals surface area contributed by atoms with Gasteiger partial charge in [0.15, 0.2) is 5.03 Å². The Morgan fingerprint density at radius 2 is 2.05 bits per heavy atom. The summed E-state index contributed by atoms with van der Waals surface area (Å²) >= 11 is 2.12. The molecule has 1 aromatic heterocycles. The molecule has 7 heteroatoms. The maximum Gasteiger partial charge on any atom is 0.279 e. The number of anilines is 1. The normalized spacial score (nSPS) is 11.3. The van der Waals surface area contributed by atoms with Gasteiger partial charge in [-0.15, -0.1) is 0 Å². The van der Waals surface area contributed by atoms with Crippen LogP contribution in [0.5, 0.6) is 0 Å². The molecule has 0 aliphatic carbocycles. The number of nitrogens with zero attached hydrogens (tertiary/aromatic N) is 1. The van der Waals surface area contributed by atoms with E-state index in [1.165, 1.54) is 12.3 Å². The first-order chi connectivity index (χ1) is 9.01. The van der Waals surface area contributed by atoms with Gasteiger partial charge in [0.25, 0.3) is 10.0 Å². The molecule has 0 radical (unpaired) electrons. The summed E-state index contributed by atoms with van der Waals surface area (Å²) in [5.41, 5.74) is 6.74. The van der Waals surface area contributed by atoms with Gasteiger partial charge in [0.05, 0.1) is 0 Å². The molecule has 0 amide bonds. The van der Waals surface area contributed by atoms with Crippen LogP contribution in [0.4, 0.5) is 5.69 Å². The molecule has 0 saturated carbocycles. The summed E-state index contributed by atoms with van der Waals surface area (Å²) < 4.78 is 27.6. The van der Waals surface area contributed by atoms with E-state index >= 15 is 0 Å². The van der Waals surface area contributed by atoms with Crippen molar-refractivity contribution in [3.05, 3.63) is 51.7 Å². The Balaban J connectivity index is 2.27. The summed E-state index contributed by atoms with van der Waals surface area (Å²) in [4.78, 5) is 3.91. The third-order valence-electron chi connectivity index (χ3n) is 2.39. The lowest BCUT2D eigenvalue weighted by Gasteiger charge is -2.08. The van der Waals surface area contributed by atoms with Crippen LogP contribution in [0, 0.1) is 3.57 Å². The predicted molar refractivity (Wildman–Crippen MR) is 82.1 cm³/mol. The van der Waals surface area contributed by atoms with Crippen molar-refractivity contribution in [1.82, 2.24) is 4.98 Å². The van der Waals surface area contributed by atoms with Crippen molar-refractivity contribution < 1.29 is 8.42 Å². The van der Waals surface area contributed by atoms with Gasteiger partial charge in [-0.2, -0.15) is 8.42 Å². The molecule has 0 atom stereocenters. The van der Waals surface area contributed by atoms with Crippen molar-refractivity contribution in [2.24, 2.45) is 5.73 Å². The molecule has 5 nitrogen and oxygen atoms in total. The number of halogens is 1. The first kappa shape index (κ1) is 14.2.